The maximum Gasteiger partial charge on any atom is 0.338 e. The summed E-state index contributed by atoms with van der Waals surface area (Å²) in [6, 6.07) is 13.8. The van der Waals surface area contributed by atoms with E-state index in [1.54, 1.807) is 19.9 Å². The van der Waals surface area contributed by atoms with Gasteiger partial charge in [-0.2, -0.15) is 0 Å². The first kappa shape index (κ1) is 27.1. The van der Waals surface area contributed by atoms with E-state index in [1.807, 2.05) is 37.3 Å². The smallest absolute Gasteiger partial charge is 0.338 e. The molecule has 0 N–H and O–H groups in total. The highest BCUT2D eigenvalue weighted by Gasteiger charge is 2.36. The Bertz CT molecular complexity index is 1100. The zero-order valence-electron chi connectivity index (χ0n) is 20.6. The molecule has 0 radical (unpaired) electrons. The highest BCUT2D eigenvalue weighted by molar-refractivity contribution is 6.35. The molecule has 1 aliphatic rings. The third-order valence-electron chi connectivity index (χ3n) is 6.00. The molecule has 1 aliphatic carbocycles. The van der Waals surface area contributed by atoms with Gasteiger partial charge in [0.1, 0.15) is 12.4 Å². The first-order valence-electron chi connectivity index (χ1n) is 11.8. The molecule has 2 aromatic carbocycles. The van der Waals surface area contributed by atoms with Crippen LogP contribution in [0, 0.1) is 0 Å². The minimum atomic E-state index is -0.953. The topological polar surface area (TPSA) is 44.8 Å². The van der Waals surface area contributed by atoms with E-state index in [1.165, 1.54) is 0 Å². The number of esters is 1. The van der Waals surface area contributed by atoms with Crippen molar-refractivity contribution in [1.29, 1.82) is 0 Å². The van der Waals surface area contributed by atoms with Gasteiger partial charge in [-0.1, -0.05) is 60.5 Å². The Morgan fingerprint density at radius 3 is 2.34 bits per heavy atom. The number of hydrogen-bond donors (Lipinski definition) is 0. The molecule has 0 spiro atoms. The lowest BCUT2D eigenvalue weighted by molar-refractivity contribution is -0.174. The molecule has 35 heavy (non-hydrogen) atoms. The van der Waals surface area contributed by atoms with Gasteiger partial charge in [0, 0.05) is 10.0 Å². The van der Waals surface area contributed by atoms with Crippen LogP contribution in [0.1, 0.15) is 46.1 Å². The van der Waals surface area contributed by atoms with Gasteiger partial charge in [-0.3, -0.25) is 0 Å². The van der Waals surface area contributed by atoms with Crippen LogP contribution in [-0.2, 0) is 19.0 Å². The van der Waals surface area contributed by atoms with E-state index in [-0.39, 0.29) is 12.1 Å². The second-order valence-electron chi connectivity index (χ2n) is 8.60. The Labute approximate surface area is 218 Å². The van der Waals surface area contributed by atoms with Gasteiger partial charge in [0.2, 0.25) is 0 Å². The normalized spacial score (nSPS) is 17.5. The highest BCUT2D eigenvalue weighted by atomic mass is 35.5. The number of halogens is 2. The van der Waals surface area contributed by atoms with E-state index in [2.05, 4.69) is 37.3 Å². The number of rotatable bonds is 10. The van der Waals surface area contributed by atoms with Crippen molar-refractivity contribution in [1.82, 2.24) is 0 Å². The van der Waals surface area contributed by atoms with Crippen LogP contribution >= 0.6 is 23.2 Å². The summed E-state index contributed by atoms with van der Waals surface area (Å²) in [5, 5.41) is 1.24. The molecule has 0 aromatic heterocycles. The fourth-order valence-electron chi connectivity index (χ4n) is 3.70. The van der Waals surface area contributed by atoms with Crippen molar-refractivity contribution in [2.75, 3.05) is 13.2 Å². The average molecular weight is 515 g/mol. The molecule has 0 saturated heterocycles. The minimum absolute atomic E-state index is 0.193. The zero-order chi connectivity index (χ0) is 25.4. The summed E-state index contributed by atoms with van der Waals surface area (Å²) in [4.78, 5) is 12.2. The molecule has 0 aliphatic heterocycles. The molecule has 0 fully saturated rings. The molecule has 0 saturated carbocycles. The highest BCUT2D eigenvalue weighted by Crippen LogP contribution is 2.29. The van der Waals surface area contributed by atoms with Gasteiger partial charge in [0.05, 0.1) is 12.7 Å². The largest absolute Gasteiger partial charge is 0.490 e. The summed E-state index contributed by atoms with van der Waals surface area (Å²) in [7, 11) is 0. The van der Waals surface area contributed by atoms with Gasteiger partial charge in [0.25, 0.3) is 0 Å². The molecule has 186 valence electrons. The van der Waals surface area contributed by atoms with Gasteiger partial charge >= 0.3 is 5.97 Å². The lowest BCUT2D eigenvalue weighted by Crippen LogP contribution is -2.42. The molecule has 0 bridgehead atoms. The lowest BCUT2D eigenvalue weighted by Gasteiger charge is -2.30. The standard InChI is InChI=1S/C29H32Cl2O4/c1-5-29(4,28(32)33-6-2)35-27-13-11-26(12-14-27)34-16-15-20(3)21-7-9-22(10-8-21)23-17-24(30)19-25(31)18-23/h7-13,15,17-19,27H,5-6,14,16H2,1-4H3/b20-15+. The lowest BCUT2D eigenvalue weighted by atomic mass is 10.0. The summed E-state index contributed by atoms with van der Waals surface area (Å²) in [6.45, 7) is 8.34. The monoisotopic (exact) mass is 514 g/mol. The summed E-state index contributed by atoms with van der Waals surface area (Å²) in [5.74, 6) is 0.461. The Kier molecular flexibility index (Phi) is 9.62. The first-order valence-corrected chi connectivity index (χ1v) is 12.6. The summed E-state index contributed by atoms with van der Waals surface area (Å²) < 4.78 is 17.1. The number of allylic oxidation sites excluding steroid dienone is 2. The van der Waals surface area contributed by atoms with Gasteiger partial charge in [-0.25, -0.2) is 4.79 Å². The Morgan fingerprint density at radius 1 is 1.09 bits per heavy atom. The number of carbonyl (C=O) groups is 1. The van der Waals surface area contributed by atoms with Crippen LogP contribution in [0.15, 0.2) is 72.5 Å². The second-order valence-corrected chi connectivity index (χ2v) is 9.47. The van der Waals surface area contributed by atoms with Crippen molar-refractivity contribution < 1.29 is 19.0 Å². The fourth-order valence-corrected chi connectivity index (χ4v) is 4.22. The maximum atomic E-state index is 12.2. The molecule has 6 heteroatoms. The van der Waals surface area contributed by atoms with Crippen molar-refractivity contribution in [3.05, 3.63) is 88.1 Å². The number of ether oxygens (including phenoxy) is 3. The minimum Gasteiger partial charge on any atom is -0.490 e. The summed E-state index contributed by atoms with van der Waals surface area (Å²) in [5.41, 5.74) is 3.32. The van der Waals surface area contributed by atoms with Crippen LogP contribution < -0.4 is 0 Å². The van der Waals surface area contributed by atoms with Crippen LogP contribution in [0.4, 0.5) is 0 Å². The zero-order valence-corrected chi connectivity index (χ0v) is 22.2. The third kappa shape index (κ3) is 7.47. The SMILES string of the molecule is CCOC(=O)C(C)(CC)OC1C=CC(OC/C=C(\C)c2ccc(-c3cc(Cl)cc(Cl)c3)cc2)=CC1. The van der Waals surface area contributed by atoms with Crippen LogP contribution in [0.3, 0.4) is 0 Å². The van der Waals surface area contributed by atoms with Crippen molar-refractivity contribution >= 4 is 34.7 Å². The molecular weight excluding hydrogens is 483 g/mol. The Hall–Kier alpha value is -2.53. The van der Waals surface area contributed by atoms with E-state index in [0.717, 1.165) is 28.0 Å². The van der Waals surface area contributed by atoms with Gasteiger partial charge in [-0.15, -0.1) is 0 Å². The van der Waals surface area contributed by atoms with Crippen LogP contribution in [0.5, 0.6) is 0 Å². The maximum absolute atomic E-state index is 12.2. The van der Waals surface area contributed by atoms with Crippen molar-refractivity contribution in [3.63, 3.8) is 0 Å². The van der Waals surface area contributed by atoms with Gasteiger partial charge in [-0.05, 0) is 92.3 Å². The van der Waals surface area contributed by atoms with Crippen LogP contribution in [0.2, 0.25) is 10.0 Å². The van der Waals surface area contributed by atoms with Gasteiger partial charge < -0.3 is 14.2 Å². The third-order valence-corrected chi connectivity index (χ3v) is 6.43. The van der Waals surface area contributed by atoms with Crippen LogP contribution in [-0.4, -0.2) is 30.9 Å². The second kappa shape index (κ2) is 12.4. The van der Waals surface area contributed by atoms with E-state index in [4.69, 9.17) is 37.4 Å². The van der Waals surface area contributed by atoms with E-state index >= 15 is 0 Å². The molecule has 4 nitrogen and oxygen atoms in total. The van der Waals surface area contributed by atoms with E-state index in [9.17, 15) is 4.79 Å². The molecule has 0 heterocycles. The molecular formula is C29H32Cl2O4. The number of carbonyl (C=O) groups excluding carboxylic acids is 1. The Balaban J connectivity index is 1.53. The predicted molar refractivity (Wildman–Crippen MR) is 144 cm³/mol. The van der Waals surface area contributed by atoms with Crippen molar-refractivity contribution in [3.8, 4) is 11.1 Å². The molecule has 0 amide bonds. The van der Waals surface area contributed by atoms with Gasteiger partial charge in [0.15, 0.2) is 5.60 Å². The number of benzene rings is 2. The molecule has 2 unspecified atom stereocenters. The first-order chi connectivity index (χ1) is 16.7. The molecule has 3 rings (SSSR count). The Morgan fingerprint density at radius 2 is 1.77 bits per heavy atom. The number of hydrogen-bond acceptors (Lipinski definition) is 4. The van der Waals surface area contributed by atoms with E-state index < -0.39 is 5.60 Å². The average Bonchev–Trinajstić information content (AvgIpc) is 2.84. The molecule has 2 atom stereocenters. The summed E-state index contributed by atoms with van der Waals surface area (Å²) >= 11 is 12.3. The van der Waals surface area contributed by atoms with Crippen molar-refractivity contribution in [2.24, 2.45) is 0 Å². The predicted octanol–water partition coefficient (Wildman–Crippen LogP) is 8.04. The molecule has 2 aromatic rings. The quantitative estimate of drug-likeness (QED) is 0.301. The summed E-state index contributed by atoms with van der Waals surface area (Å²) in [6.07, 6.45) is 8.85. The van der Waals surface area contributed by atoms with Crippen molar-refractivity contribution in [2.45, 2.75) is 52.2 Å². The fraction of sp³-hybridized carbons (Fsp3) is 0.345. The van der Waals surface area contributed by atoms with E-state index in [0.29, 0.717) is 36.1 Å². The van der Waals surface area contributed by atoms with Crippen LogP contribution in [0.25, 0.3) is 16.7 Å².